The van der Waals surface area contributed by atoms with Gasteiger partial charge in [0.2, 0.25) is 0 Å². The van der Waals surface area contributed by atoms with Crippen LogP contribution in [0.2, 0.25) is 0 Å². The number of hydrogen-bond donors (Lipinski definition) is 0. The first-order valence-electron chi connectivity index (χ1n) is 4.74. The monoisotopic (exact) mass is 193 g/mol. The molecule has 0 N–H and O–H groups in total. The van der Waals surface area contributed by atoms with Crippen LogP contribution in [0.4, 0.5) is 8.78 Å². The molecule has 0 aromatic heterocycles. The minimum atomic E-state index is -2.26. The zero-order valence-corrected chi connectivity index (χ0v) is 8.17. The Labute approximate surface area is 77.9 Å². The highest BCUT2D eigenvalue weighted by Crippen LogP contribution is 2.18. The summed E-state index contributed by atoms with van der Waals surface area (Å²) in [5.74, 6) is 0. The van der Waals surface area contributed by atoms with E-state index in [4.69, 9.17) is 4.74 Å². The maximum Gasteiger partial charge on any atom is 0.253 e. The van der Waals surface area contributed by atoms with E-state index >= 15 is 0 Å². The number of ether oxygens (including phenoxy) is 1. The van der Waals surface area contributed by atoms with E-state index in [1.165, 1.54) is 0 Å². The fraction of sp³-hybridized carbons (Fsp3) is 1.00. The van der Waals surface area contributed by atoms with Gasteiger partial charge in [-0.15, -0.1) is 0 Å². The number of nitrogens with zero attached hydrogens (tertiary/aromatic N) is 1. The van der Waals surface area contributed by atoms with Crippen LogP contribution < -0.4 is 0 Å². The van der Waals surface area contributed by atoms with Gasteiger partial charge in [-0.3, -0.25) is 4.90 Å². The summed E-state index contributed by atoms with van der Waals surface area (Å²) in [5.41, 5.74) is 0. The molecular formula is C9H17F2NO. The van der Waals surface area contributed by atoms with E-state index in [2.05, 4.69) is 0 Å². The standard InChI is InChI=1S/C9H17F2NO/c1-7(2)12-4-6-13-5-3-8(12)9(10)11/h7-9H,3-6H2,1-2H3. The van der Waals surface area contributed by atoms with Crippen molar-refractivity contribution in [3.8, 4) is 0 Å². The van der Waals surface area contributed by atoms with Gasteiger partial charge in [0.25, 0.3) is 6.43 Å². The van der Waals surface area contributed by atoms with Crippen LogP contribution in [-0.4, -0.2) is 43.2 Å². The average Bonchev–Trinajstić information content (AvgIpc) is 2.27. The maximum atomic E-state index is 12.6. The highest BCUT2D eigenvalue weighted by Gasteiger charge is 2.30. The summed E-state index contributed by atoms with van der Waals surface area (Å²) >= 11 is 0. The van der Waals surface area contributed by atoms with Gasteiger partial charge in [0, 0.05) is 19.2 Å². The van der Waals surface area contributed by atoms with Crippen LogP contribution in [-0.2, 0) is 4.74 Å². The Hall–Kier alpha value is -0.220. The number of halogens is 2. The molecule has 1 fully saturated rings. The average molecular weight is 193 g/mol. The highest BCUT2D eigenvalue weighted by atomic mass is 19.3. The van der Waals surface area contributed by atoms with Gasteiger partial charge in [-0.25, -0.2) is 8.78 Å². The summed E-state index contributed by atoms with van der Waals surface area (Å²) in [4.78, 5) is 1.83. The summed E-state index contributed by atoms with van der Waals surface area (Å²) in [7, 11) is 0. The molecule has 0 spiro atoms. The molecule has 1 aliphatic heterocycles. The molecule has 78 valence electrons. The molecule has 1 unspecified atom stereocenters. The predicted octanol–water partition coefficient (Wildman–Crippen LogP) is 1.75. The molecule has 1 aliphatic rings. The molecule has 0 saturated carbocycles. The van der Waals surface area contributed by atoms with Gasteiger partial charge in [0.15, 0.2) is 0 Å². The van der Waals surface area contributed by atoms with Crippen LogP contribution in [0, 0.1) is 0 Å². The van der Waals surface area contributed by atoms with Crippen molar-refractivity contribution in [2.45, 2.75) is 38.8 Å². The summed E-state index contributed by atoms with van der Waals surface area (Å²) < 4.78 is 30.4. The first-order valence-corrected chi connectivity index (χ1v) is 4.74. The Balaban J connectivity index is 2.61. The lowest BCUT2D eigenvalue weighted by Crippen LogP contribution is -2.45. The van der Waals surface area contributed by atoms with Gasteiger partial charge in [0.05, 0.1) is 12.6 Å². The maximum absolute atomic E-state index is 12.6. The molecule has 13 heavy (non-hydrogen) atoms. The van der Waals surface area contributed by atoms with Gasteiger partial charge in [0.1, 0.15) is 0 Å². The van der Waals surface area contributed by atoms with Crippen molar-refractivity contribution in [2.75, 3.05) is 19.8 Å². The molecule has 0 aromatic carbocycles. The quantitative estimate of drug-likeness (QED) is 0.662. The van der Waals surface area contributed by atoms with Crippen molar-refractivity contribution in [1.29, 1.82) is 0 Å². The van der Waals surface area contributed by atoms with E-state index in [-0.39, 0.29) is 6.04 Å². The summed E-state index contributed by atoms with van der Waals surface area (Å²) in [6.07, 6.45) is -1.82. The van der Waals surface area contributed by atoms with Gasteiger partial charge in [-0.2, -0.15) is 0 Å². The molecule has 1 saturated heterocycles. The summed E-state index contributed by atoms with van der Waals surface area (Å²) in [5, 5.41) is 0. The van der Waals surface area contributed by atoms with Crippen molar-refractivity contribution < 1.29 is 13.5 Å². The normalized spacial score (nSPS) is 26.8. The Morgan fingerprint density at radius 3 is 2.54 bits per heavy atom. The van der Waals surface area contributed by atoms with Gasteiger partial charge < -0.3 is 4.74 Å². The van der Waals surface area contributed by atoms with Crippen LogP contribution in [0.25, 0.3) is 0 Å². The molecular weight excluding hydrogens is 176 g/mol. The van der Waals surface area contributed by atoms with Crippen molar-refractivity contribution in [3.63, 3.8) is 0 Å². The molecule has 0 aliphatic carbocycles. The zero-order chi connectivity index (χ0) is 9.84. The second-order valence-corrected chi connectivity index (χ2v) is 3.63. The van der Waals surface area contributed by atoms with Gasteiger partial charge in [-0.1, -0.05) is 0 Å². The molecule has 0 aromatic rings. The lowest BCUT2D eigenvalue weighted by Gasteiger charge is -2.31. The highest BCUT2D eigenvalue weighted by molar-refractivity contribution is 4.78. The van der Waals surface area contributed by atoms with Crippen LogP contribution >= 0.6 is 0 Å². The Kier molecular flexibility index (Phi) is 4.06. The molecule has 2 nitrogen and oxygen atoms in total. The summed E-state index contributed by atoms with van der Waals surface area (Å²) in [6, 6.07) is -0.455. The van der Waals surface area contributed by atoms with E-state index in [0.29, 0.717) is 26.2 Å². The Morgan fingerprint density at radius 2 is 2.00 bits per heavy atom. The largest absolute Gasteiger partial charge is 0.380 e. The van der Waals surface area contributed by atoms with Crippen LogP contribution in [0.1, 0.15) is 20.3 Å². The molecule has 0 bridgehead atoms. The number of rotatable bonds is 2. The van der Waals surface area contributed by atoms with Crippen LogP contribution in [0.15, 0.2) is 0 Å². The fourth-order valence-electron chi connectivity index (χ4n) is 1.72. The Bertz CT molecular complexity index is 137. The molecule has 0 radical (unpaired) electrons. The van der Waals surface area contributed by atoms with Gasteiger partial charge >= 0.3 is 0 Å². The van der Waals surface area contributed by atoms with E-state index in [1.54, 1.807) is 0 Å². The molecule has 1 heterocycles. The molecule has 1 rings (SSSR count). The minimum absolute atomic E-state index is 0.167. The second kappa shape index (κ2) is 4.86. The van der Waals surface area contributed by atoms with Crippen LogP contribution in [0.5, 0.6) is 0 Å². The molecule has 1 atom stereocenters. The summed E-state index contributed by atoms with van der Waals surface area (Å²) in [6.45, 7) is 5.54. The minimum Gasteiger partial charge on any atom is -0.380 e. The van der Waals surface area contributed by atoms with Crippen molar-refractivity contribution >= 4 is 0 Å². The van der Waals surface area contributed by atoms with E-state index in [9.17, 15) is 8.78 Å². The molecule has 0 amide bonds. The third kappa shape index (κ3) is 2.88. The third-order valence-electron chi connectivity index (χ3n) is 2.43. The Morgan fingerprint density at radius 1 is 1.31 bits per heavy atom. The first kappa shape index (κ1) is 10.9. The lowest BCUT2D eigenvalue weighted by atomic mass is 10.1. The topological polar surface area (TPSA) is 12.5 Å². The third-order valence-corrected chi connectivity index (χ3v) is 2.43. The van der Waals surface area contributed by atoms with Crippen LogP contribution in [0.3, 0.4) is 0 Å². The second-order valence-electron chi connectivity index (χ2n) is 3.63. The fourth-order valence-corrected chi connectivity index (χ4v) is 1.72. The van der Waals surface area contributed by atoms with Crippen molar-refractivity contribution in [3.05, 3.63) is 0 Å². The predicted molar refractivity (Wildman–Crippen MR) is 47.1 cm³/mol. The number of alkyl halides is 2. The zero-order valence-electron chi connectivity index (χ0n) is 8.17. The SMILES string of the molecule is CC(C)N1CCOCCC1C(F)F. The molecule has 4 heteroatoms. The first-order chi connectivity index (χ1) is 6.13. The van der Waals surface area contributed by atoms with E-state index in [1.807, 2.05) is 18.7 Å². The van der Waals surface area contributed by atoms with E-state index in [0.717, 1.165) is 0 Å². The smallest absolute Gasteiger partial charge is 0.253 e. The lowest BCUT2D eigenvalue weighted by molar-refractivity contribution is 0.0131. The van der Waals surface area contributed by atoms with Crippen molar-refractivity contribution in [2.24, 2.45) is 0 Å². The van der Waals surface area contributed by atoms with E-state index < -0.39 is 12.5 Å². The number of hydrogen-bond acceptors (Lipinski definition) is 2. The van der Waals surface area contributed by atoms with Crippen molar-refractivity contribution in [1.82, 2.24) is 4.90 Å². The van der Waals surface area contributed by atoms with Gasteiger partial charge in [-0.05, 0) is 20.3 Å².